The Hall–Kier alpha value is -3.09. The summed E-state index contributed by atoms with van der Waals surface area (Å²) in [5, 5.41) is 15.2. The summed E-state index contributed by atoms with van der Waals surface area (Å²) in [4.78, 5) is 17.7. The van der Waals surface area contributed by atoms with Crippen molar-refractivity contribution in [3.63, 3.8) is 0 Å². The molecule has 1 unspecified atom stereocenters. The number of hydrogen-bond acceptors (Lipinski definition) is 6. The van der Waals surface area contributed by atoms with Gasteiger partial charge in [-0.05, 0) is 49.6 Å². The molecule has 0 saturated heterocycles. The Labute approximate surface area is 192 Å². The van der Waals surface area contributed by atoms with E-state index < -0.39 is 5.60 Å². The van der Waals surface area contributed by atoms with Crippen LogP contribution in [0.3, 0.4) is 0 Å². The molecule has 0 amide bonds. The number of hydrogen-bond donors (Lipinski definition) is 2. The minimum absolute atomic E-state index is 0.0163. The van der Waals surface area contributed by atoms with Gasteiger partial charge in [-0.25, -0.2) is 9.97 Å². The van der Waals surface area contributed by atoms with Crippen LogP contribution in [0.15, 0.2) is 61.2 Å². The van der Waals surface area contributed by atoms with Crippen LogP contribution in [0.5, 0.6) is 0 Å². The molecule has 0 aliphatic rings. The molecule has 4 rings (SSSR count). The van der Waals surface area contributed by atoms with Crippen LogP contribution < -0.4 is 5.32 Å². The van der Waals surface area contributed by atoms with Crippen LogP contribution in [-0.4, -0.2) is 25.0 Å². The predicted octanol–water partition coefficient (Wildman–Crippen LogP) is 5.78. The number of nitrogens with one attached hydrogen (secondary N) is 1. The van der Waals surface area contributed by atoms with Crippen LogP contribution in [0, 0.1) is 5.92 Å². The molecule has 7 heteroatoms. The molecule has 1 atom stereocenters. The molecule has 1 aromatic carbocycles. The van der Waals surface area contributed by atoms with Gasteiger partial charge in [-0.1, -0.05) is 37.6 Å². The standard InChI is InChI=1S/C25H26ClN5O/c1-15(2)22(21-7-5-6-10-27-21)31-23-18-11-16(8-9-20(18)28-14-19(23)26)17-12-29-24(30-13-17)25(3,4)32/h5-15,22,32H,1-4H3,(H,28,31). The molecule has 0 saturated carbocycles. The minimum Gasteiger partial charge on any atom is -0.382 e. The molecule has 0 radical (unpaired) electrons. The molecule has 4 aromatic rings. The van der Waals surface area contributed by atoms with Crippen molar-refractivity contribution in [2.75, 3.05) is 5.32 Å². The zero-order valence-corrected chi connectivity index (χ0v) is 19.3. The largest absolute Gasteiger partial charge is 0.382 e. The fraction of sp³-hybridized carbons (Fsp3) is 0.280. The van der Waals surface area contributed by atoms with Crippen molar-refractivity contribution in [1.29, 1.82) is 0 Å². The Morgan fingerprint density at radius 1 is 0.938 bits per heavy atom. The molecule has 2 N–H and O–H groups in total. The van der Waals surface area contributed by atoms with E-state index in [1.54, 1.807) is 38.6 Å². The van der Waals surface area contributed by atoms with Crippen LogP contribution in [-0.2, 0) is 5.60 Å². The quantitative estimate of drug-likeness (QED) is 0.390. The highest BCUT2D eigenvalue weighted by Gasteiger charge is 2.21. The van der Waals surface area contributed by atoms with Gasteiger partial charge in [-0.3, -0.25) is 9.97 Å². The van der Waals surface area contributed by atoms with Gasteiger partial charge in [0.05, 0.1) is 28.0 Å². The average Bonchev–Trinajstić information content (AvgIpc) is 2.78. The molecule has 6 nitrogen and oxygen atoms in total. The molecule has 164 valence electrons. The Balaban J connectivity index is 1.77. The topological polar surface area (TPSA) is 83.8 Å². The maximum absolute atomic E-state index is 10.1. The Bertz CT molecular complexity index is 1220. The second kappa shape index (κ2) is 8.81. The van der Waals surface area contributed by atoms with Gasteiger partial charge in [0.25, 0.3) is 0 Å². The lowest BCUT2D eigenvalue weighted by molar-refractivity contribution is 0.0687. The maximum Gasteiger partial charge on any atom is 0.159 e. The number of nitrogens with zero attached hydrogens (tertiary/aromatic N) is 4. The van der Waals surface area contributed by atoms with E-state index in [9.17, 15) is 5.11 Å². The lowest BCUT2D eigenvalue weighted by atomic mass is 9.99. The van der Waals surface area contributed by atoms with Gasteiger partial charge in [0, 0.05) is 35.7 Å². The molecule has 3 aromatic heterocycles. The Morgan fingerprint density at radius 2 is 1.69 bits per heavy atom. The lowest BCUT2D eigenvalue weighted by Crippen LogP contribution is -2.19. The van der Waals surface area contributed by atoms with E-state index in [1.165, 1.54) is 0 Å². The number of pyridine rings is 2. The summed E-state index contributed by atoms with van der Waals surface area (Å²) in [6, 6.07) is 11.9. The molecule has 0 bridgehead atoms. The number of fused-ring (bicyclic) bond motifs is 1. The van der Waals surface area contributed by atoms with Crippen LogP contribution in [0.2, 0.25) is 5.02 Å². The summed E-state index contributed by atoms with van der Waals surface area (Å²) in [6.45, 7) is 7.62. The number of benzene rings is 1. The van der Waals surface area contributed by atoms with Crippen molar-refractivity contribution in [2.24, 2.45) is 5.92 Å². The summed E-state index contributed by atoms with van der Waals surface area (Å²) in [5.41, 5.74) is 3.29. The predicted molar refractivity (Wildman–Crippen MR) is 128 cm³/mol. The van der Waals surface area contributed by atoms with Crippen molar-refractivity contribution < 1.29 is 5.11 Å². The molecular weight excluding hydrogens is 422 g/mol. The fourth-order valence-electron chi connectivity index (χ4n) is 3.59. The third-order valence-electron chi connectivity index (χ3n) is 5.33. The summed E-state index contributed by atoms with van der Waals surface area (Å²) in [5.74, 6) is 0.666. The summed E-state index contributed by atoms with van der Waals surface area (Å²) in [6.07, 6.45) is 6.91. The first kappa shape index (κ1) is 22.1. The second-order valence-electron chi connectivity index (χ2n) is 8.69. The first-order valence-corrected chi connectivity index (χ1v) is 10.9. The smallest absolute Gasteiger partial charge is 0.159 e. The number of aliphatic hydroxyl groups is 1. The average molecular weight is 448 g/mol. The van der Waals surface area contributed by atoms with Crippen molar-refractivity contribution in [3.05, 3.63) is 77.7 Å². The van der Waals surface area contributed by atoms with Gasteiger partial charge in [0.15, 0.2) is 5.82 Å². The first-order valence-electron chi connectivity index (χ1n) is 10.5. The lowest BCUT2D eigenvalue weighted by Gasteiger charge is -2.24. The number of aromatic nitrogens is 4. The summed E-state index contributed by atoms with van der Waals surface area (Å²) >= 11 is 6.61. The van der Waals surface area contributed by atoms with E-state index in [0.717, 1.165) is 33.4 Å². The van der Waals surface area contributed by atoms with E-state index >= 15 is 0 Å². The van der Waals surface area contributed by atoms with E-state index in [-0.39, 0.29) is 12.0 Å². The summed E-state index contributed by atoms with van der Waals surface area (Å²) in [7, 11) is 0. The van der Waals surface area contributed by atoms with E-state index in [0.29, 0.717) is 10.8 Å². The second-order valence-corrected chi connectivity index (χ2v) is 9.10. The Kier molecular flexibility index (Phi) is 6.09. The number of rotatable bonds is 6. The first-order chi connectivity index (χ1) is 15.2. The van der Waals surface area contributed by atoms with Crippen molar-refractivity contribution in [3.8, 4) is 11.1 Å². The molecule has 3 heterocycles. The van der Waals surface area contributed by atoms with E-state index in [1.807, 2.05) is 36.4 Å². The molecule has 0 fully saturated rings. The third-order valence-corrected chi connectivity index (χ3v) is 5.61. The van der Waals surface area contributed by atoms with E-state index in [4.69, 9.17) is 11.6 Å². The van der Waals surface area contributed by atoms with E-state index in [2.05, 4.69) is 39.1 Å². The van der Waals surface area contributed by atoms with Gasteiger partial charge < -0.3 is 10.4 Å². The molecule has 32 heavy (non-hydrogen) atoms. The van der Waals surface area contributed by atoms with Crippen LogP contribution in [0.1, 0.15) is 45.3 Å². The maximum atomic E-state index is 10.1. The third kappa shape index (κ3) is 4.56. The van der Waals surface area contributed by atoms with Crippen molar-refractivity contribution >= 4 is 28.2 Å². The molecule has 0 aliphatic heterocycles. The van der Waals surface area contributed by atoms with Gasteiger partial charge in [-0.15, -0.1) is 0 Å². The minimum atomic E-state index is -1.09. The van der Waals surface area contributed by atoms with Gasteiger partial charge in [0.2, 0.25) is 0 Å². The van der Waals surface area contributed by atoms with Crippen LogP contribution in [0.25, 0.3) is 22.0 Å². The molecule has 0 spiro atoms. The highest BCUT2D eigenvalue weighted by atomic mass is 35.5. The zero-order chi connectivity index (χ0) is 22.9. The zero-order valence-electron chi connectivity index (χ0n) is 18.5. The van der Waals surface area contributed by atoms with Gasteiger partial charge >= 0.3 is 0 Å². The van der Waals surface area contributed by atoms with Crippen LogP contribution in [0.4, 0.5) is 5.69 Å². The highest BCUT2D eigenvalue weighted by molar-refractivity contribution is 6.34. The molecule has 0 aliphatic carbocycles. The van der Waals surface area contributed by atoms with Gasteiger partial charge in [0.1, 0.15) is 5.60 Å². The highest BCUT2D eigenvalue weighted by Crippen LogP contribution is 2.36. The van der Waals surface area contributed by atoms with Crippen molar-refractivity contribution in [1.82, 2.24) is 19.9 Å². The summed E-state index contributed by atoms with van der Waals surface area (Å²) < 4.78 is 0. The monoisotopic (exact) mass is 447 g/mol. The van der Waals surface area contributed by atoms with Crippen LogP contribution >= 0.6 is 11.6 Å². The molecular formula is C25H26ClN5O. The normalized spacial score (nSPS) is 12.8. The SMILES string of the molecule is CC(C)C(Nc1c(Cl)cnc2ccc(-c3cnc(C(C)(C)O)nc3)cc12)c1ccccn1. The Morgan fingerprint density at radius 3 is 2.31 bits per heavy atom. The number of halogens is 1. The number of anilines is 1. The van der Waals surface area contributed by atoms with Gasteiger partial charge in [-0.2, -0.15) is 0 Å². The van der Waals surface area contributed by atoms with Crippen molar-refractivity contribution in [2.45, 2.75) is 39.3 Å². The fourth-order valence-corrected chi connectivity index (χ4v) is 3.79.